The number of benzene rings is 3. The van der Waals surface area contributed by atoms with Crippen LogP contribution in [0.2, 0.25) is 10.0 Å². The van der Waals surface area contributed by atoms with Gasteiger partial charge in [0.2, 0.25) is 0 Å². The maximum Gasteiger partial charge on any atom is 0.161 e. The van der Waals surface area contributed by atoms with Crippen molar-refractivity contribution in [1.82, 2.24) is 0 Å². The van der Waals surface area contributed by atoms with E-state index in [0.717, 1.165) is 16.8 Å². The summed E-state index contributed by atoms with van der Waals surface area (Å²) < 4.78 is 11.7. The normalized spacial score (nSPS) is 11.0. The third kappa shape index (κ3) is 5.68. The van der Waals surface area contributed by atoms with E-state index >= 15 is 0 Å². The van der Waals surface area contributed by atoms with Crippen LogP contribution >= 0.6 is 23.2 Å². The van der Waals surface area contributed by atoms with Crippen molar-refractivity contribution in [2.75, 3.05) is 12.0 Å². The van der Waals surface area contributed by atoms with Crippen molar-refractivity contribution in [2.45, 2.75) is 27.4 Å². The molecule has 0 aliphatic rings. The quantitative estimate of drug-likeness (QED) is 0.300. The molecule has 0 aliphatic carbocycles. The molecule has 0 unspecified atom stereocenters. The van der Waals surface area contributed by atoms with E-state index < -0.39 is 0 Å². The molecular formula is C24H24Cl2N2O2. The summed E-state index contributed by atoms with van der Waals surface area (Å²) in [5.41, 5.74) is 8.09. The van der Waals surface area contributed by atoms with E-state index in [2.05, 4.69) is 36.5 Å². The van der Waals surface area contributed by atoms with Gasteiger partial charge >= 0.3 is 0 Å². The number of ether oxygens (including phenoxy) is 2. The standard InChI is InChI=1S/C24H24Cl2N2O2/c1-4-29-24-13-18(14-27-28-19-10-8-16(2)17(3)12-19)9-11-23(24)30-15-20-21(25)6-5-7-22(20)26/h5-14,28H,4,15H2,1-3H3/b27-14+. The first-order valence-electron chi connectivity index (χ1n) is 9.66. The highest BCUT2D eigenvalue weighted by atomic mass is 35.5. The van der Waals surface area contributed by atoms with Gasteiger partial charge in [-0.1, -0.05) is 35.3 Å². The number of hydrogen-bond acceptors (Lipinski definition) is 4. The van der Waals surface area contributed by atoms with Gasteiger partial charge in [-0.05, 0) is 79.9 Å². The Kier molecular flexibility index (Phi) is 7.61. The predicted octanol–water partition coefficient (Wildman–Crippen LogP) is 7.03. The number of anilines is 1. The molecule has 0 saturated carbocycles. The van der Waals surface area contributed by atoms with Crippen LogP contribution in [-0.2, 0) is 6.61 Å². The molecular weight excluding hydrogens is 419 g/mol. The summed E-state index contributed by atoms with van der Waals surface area (Å²) in [5, 5.41) is 5.47. The number of nitrogens with one attached hydrogen (secondary N) is 1. The van der Waals surface area contributed by atoms with Crippen LogP contribution < -0.4 is 14.9 Å². The van der Waals surface area contributed by atoms with Crippen LogP contribution in [0.1, 0.15) is 29.2 Å². The van der Waals surface area contributed by atoms with Crippen LogP contribution in [0.25, 0.3) is 0 Å². The lowest BCUT2D eigenvalue weighted by Crippen LogP contribution is -2.01. The largest absolute Gasteiger partial charge is 0.490 e. The number of halogens is 2. The second-order valence-electron chi connectivity index (χ2n) is 6.80. The Bertz CT molecular complexity index is 1030. The Morgan fingerprint density at radius 3 is 2.37 bits per heavy atom. The fraction of sp³-hybridized carbons (Fsp3) is 0.208. The van der Waals surface area contributed by atoms with Crippen LogP contribution in [0.15, 0.2) is 59.7 Å². The summed E-state index contributed by atoms with van der Waals surface area (Å²) >= 11 is 12.5. The Morgan fingerprint density at radius 2 is 1.67 bits per heavy atom. The first-order chi connectivity index (χ1) is 14.5. The van der Waals surface area contributed by atoms with Gasteiger partial charge in [0, 0.05) is 15.6 Å². The molecule has 0 spiro atoms. The van der Waals surface area contributed by atoms with Crippen LogP contribution in [-0.4, -0.2) is 12.8 Å². The van der Waals surface area contributed by atoms with Crippen molar-refractivity contribution >= 4 is 35.1 Å². The molecule has 0 heterocycles. The molecule has 0 radical (unpaired) electrons. The minimum absolute atomic E-state index is 0.250. The molecule has 0 atom stereocenters. The molecule has 156 valence electrons. The van der Waals surface area contributed by atoms with Crippen molar-refractivity contribution in [3.8, 4) is 11.5 Å². The van der Waals surface area contributed by atoms with Crippen molar-refractivity contribution < 1.29 is 9.47 Å². The van der Waals surface area contributed by atoms with Gasteiger partial charge in [0.05, 0.1) is 18.5 Å². The number of aryl methyl sites for hydroxylation is 2. The van der Waals surface area contributed by atoms with E-state index in [1.165, 1.54) is 11.1 Å². The van der Waals surface area contributed by atoms with E-state index in [-0.39, 0.29) is 6.61 Å². The monoisotopic (exact) mass is 442 g/mol. The molecule has 3 aromatic rings. The second-order valence-corrected chi connectivity index (χ2v) is 7.61. The average Bonchev–Trinajstić information content (AvgIpc) is 2.72. The zero-order valence-electron chi connectivity index (χ0n) is 17.2. The number of nitrogens with zero attached hydrogens (tertiary/aromatic N) is 1. The molecule has 0 aliphatic heterocycles. The highest BCUT2D eigenvalue weighted by Gasteiger charge is 2.10. The van der Waals surface area contributed by atoms with Gasteiger partial charge in [-0.3, -0.25) is 5.43 Å². The number of hydrogen-bond donors (Lipinski definition) is 1. The van der Waals surface area contributed by atoms with E-state index in [1.54, 1.807) is 24.4 Å². The van der Waals surface area contributed by atoms with Gasteiger partial charge in [-0.25, -0.2) is 0 Å². The van der Waals surface area contributed by atoms with Crippen LogP contribution in [0, 0.1) is 13.8 Å². The van der Waals surface area contributed by atoms with Gasteiger partial charge < -0.3 is 9.47 Å². The van der Waals surface area contributed by atoms with E-state index in [9.17, 15) is 0 Å². The predicted molar refractivity (Wildman–Crippen MR) is 126 cm³/mol. The molecule has 3 rings (SSSR count). The molecule has 0 amide bonds. The summed E-state index contributed by atoms with van der Waals surface area (Å²) in [5.74, 6) is 1.25. The summed E-state index contributed by atoms with van der Waals surface area (Å²) in [7, 11) is 0. The molecule has 0 aromatic heterocycles. The lowest BCUT2D eigenvalue weighted by atomic mass is 10.1. The SMILES string of the molecule is CCOc1cc(/C=N/Nc2ccc(C)c(C)c2)ccc1OCc1c(Cl)cccc1Cl. The third-order valence-electron chi connectivity index (χ3n) is 4.62. The zero-order chi connectivity index (χ0) is 21.5. The van der Waals surface area contributed by atoms with Gasteiger partial charge in [-0.15, -0.1) is 0 Å². The van der Waals surface area contributed by atoms with Crippen molar-refractivity contribution in [3.05, 3.63) is 86.9 Å². The Morgan fingerprint density at radius 1 is 0.900 bits per heavy atom. The Balaban J connectivity index is 1.71. The zero-order valence-corrected chi connectivity index (χ0v) is 18.7. The van der Waals surface area contributed by atoms with Crippen LogP contribution in [0.4, 0.5) is 5.69 Å². The minimum atomic E-state index is 0.250. The molecule has 0 bridgehead atoms. The first-order valence-corrected chi connectivity index (χ1v) is 10.4. The van der Waals surface area contributed by atoms with E-state index in [1.807, 2.05) is 31.2 Å². The van der Waals surface area contributed by atoms with Crippen molar-refractivity contribution in [1.29, 1.82) is 0 Å². The maximum atomic E-state index is 6.23. The van der Waals surface area contributed by atoms with E-state index in [0.29, 0.717) is 28.2 Å². The summed E-state index contributed by atoms with van der Waals surface area (Å²) in [6, 6.07) is 17.2. The van der Waals surface area contributed by atoms with Gasteiger partial charge in [0.25, 0.3) is 0 Å². The van der Waals surface area contributed by atoms with Gasteiger partial charge in [-0.2, -0.15) is 5.10 Å². The maximum absolute atomic E-state index is 6.23. The second kappa shape index (κ2) is 10.4. The minimum Gasteiger partial charge on any atom is -0.490 e. The van der Waals surface area contributed by atoms with Crippen molar-refractivity contribution in [3.63, 3.8) is 0 Å². The third-order valence-corrected chi connectivity index (χ3v) is 5.32. The van der Waals surface area contributed by atoms with Crippen LogP contribution in [0.5, 0.6) is 11.5 Å². The van der Waals surface area contributed by atoms with Crippen LogP contribution in [0.3, 0.4) is 0 Å². The number of hydrazone groups is 1. The molecule has 0 saturated heterocycles. The summed E-state index contributed by atoms with van der Waals surface area (Å²) in [6.07, 6.45) is 1.74. The fourth-order valence-electron chi connectivity index (χ4n) is 2.80. The lowest BCUT2D eigenvalue weighted by molar-refractivity contribution is 0.269. The van der Waals surface area contributed by atoms with Gasteiger partial charge in [0.1, 0.15) is 6.61 Å². The van der Waals surface area contributed by atoms with Gasteiger partial charge in [0.15, 0.2) is 11.5 Å². The lowest BCUT2D eigenvalue weighted by Gasteiger charge is -2.14. The summed E-state index contributed by atoms with van der Waals surface area (Å²) in [6.45, 7) is 6.86. The molecule has 30 heavy (non-hydrogen) atoms. The smallest absolute Gasteiger partial charge is 0.161 e. The topological polar surface area (TPSA) is 42.8 Å². The molecule has 6 heteroatoms. The number of rotatable bonds is 8. The van der Waals surface area contributed by atoms with Crippen molar-refractivity contribution in [2.24, 2.45) is 5.10 Å². The fourth-order valence-corrected chi connectivity index (χ4v) is 3.31. The molecule has 0 fully saturated rings. The molecule has 4 nitrogen and oxygen atoms in total. The molecule has 1 N–H and O–H groups in total. The highest BCUT2D eigenvalue weighted by Crippen LogP contribution is 2.31. The first kappa shape index (κ1) is 22.0. The van der Waals surface area contributed by atoms with E-state index in [4.69, 9.17) is 32.7 Å². The average molecular weight is 443 g/mol. The Hall–Kier alpha value is -2.69. The summed E-state index contributed by atoms with van der Waals surface area (Å²) in [4.78, 5) is 0. The Labute approximate surface area is 187 Å². The highest BCUT2D eigenvalue weighted by molar-refractivity contribution is 6.35. The molecule has 3 aromatic carbocycles.